The number of nitrogens with zero attached hydrogens (tertiary/aromatic N) is 1. The van der Waals surface area contributed by atoms with Crippen LogP contribution in [0.25, 0.3) is 0 Å². The zero-order valence-corrected chi connectivity index (χ0v) is 17.3. The molecule has 1 N–H and O–H groups in total. The standard InChI is InChI=1S/C18H21IN2O3S/c1-13(2)14-4-8-16(9-5-14)20-18(22)12-21(25(3,23)24)17-10-6-15(19)7-11-17/h4-11,13H,12H2,1-3H3,(H,20,22). The fraction of sp³-hybridized carbons (Fsp3) is 0.278. The van der Waals surface area contributed by atoms with Gasteiger partial charge in [0.1, 0.15) is 6.54 Å². The van der Waals surface area contributed by atoms with E-state index in [1.165, 1.54) is 5.56 Å². The van der Waals surface area contributed by atoms with E-state index in [9.17, 15) is 13.2 Å². The van der Waals surface area contributed by atoms with Crippen LogP contribution in [0.3, 0.4) is 0 Å². The number of carbonyl (C=O) groups is 1. The summed E-state index contributed by atoms with van der Waals surface area (Å²) in [5.74, 6) is 0.0209. The molecule has 0 bridgehead atoms. The maximum absolute atomic E-state index is 12.3. The third-order valence-electron chi connectivity index (χ3n) is 3.66. The summed E-state index contributed by atoms with van der Waals surface area (Å²) < 4.78 is 26.2. The highest BCUT2D eigenvalue weighted by Crippen LogP contribution is 2.20. The quantitative estimate of drug-likeness (QED) is 0.651. The molecule has 5 nitrogen and oxygen atoms in total. The number of halogens is 1. The van der Waals surface area contributed by atoms with Crippen molar-refractivity contribution < 1.29 is 13.2 Å². The van der Waals surface area contributed by atoms with E-state index in [1.54, 1.807) is 24.3 Å². The molecule has 134 valence electrons. The van der Waals surface area contributed by atoms with E-state index < -0.39 is 10.0 Å². The van der Waals surface area contributed by atoms with Crippen molar-refractivity contribution in [2.45, 2.75) is 19.8 Å². The molecule has 7 heteroatoms. The normalized spacial score (nSPS) is 11.4. The van der Waals surface area contributed by atoms with Crippen molar-refractivity contribution in [1.82, 2.24) is 0 Å². The SMILES string of the molecule is CC(C)c1ccc(NC(=O)CN(c2ccc(I)cc2)S(C)(=O)=O)cc1. The van der Waals surface area contributed by atoms with E-state index in [0.717, 1.165) is 14.1 Å². The number of anilines is 2. The molecule has 0 aliphatic heterocycles. The second kappa shape index (κ2) is 8.18. The van der Waals surface area contributed by atoms with Gasteiger partial charge in [0.05, 0.1) is 11.9 Å². The summed E-state index contributed by atoms with van der Waals surface area (Å²) in [6, 6.07) is 14.5. The average Bonchev–Trinajstić information content (AvgIpc) is 2.53. The van der Waals surface area contributed by atoms with Crippen LogP contribution in [-0.4, -0.2) is 27.1 Å². The Morgan fingerprint density at radius 1 is 1.08 bits per heavy atom. The minimum absolute atomic E-state index is 0.272. The van der Waals surface area contributed by atoms with Crippen molar-refractivity contribution in [2.75, 3.05) is 22.4 Å². The molecule has 0 unspecified atom stereocenters. The molecule has 0 atom stereocenters. The van der Waals surface area contributed by atoms with Crippen LogP contribution in [0.2, 0.25) is 0 Å². The first-order valence-electron chi connectivity index (χ1n) is 7.80. The van der Waals surface area contributed by atoms with Crippen LogP contribution in [0, 0.1) is 3.57 Å². The number of nitrogens with one attached hydrogen (secondary N) is 1. The molecule has 2 aromatic carbocycles. The molecule has 0 saturated heterocycles. The molecule has 0 aromatic heterocycles. The van der Waals surface area contributed by atoms with Gasteiger partial charge in [-0.25, -0.2) is 8.42 Å². The fourth-order valence-electron chi connectivity index (χ4n) is 2.29. The van der Waals surface area contributed by atoms with E-state index in [1.807, 2.05) is 24.3 Å². The van der Waals surface area contributed by atoms with Crippen LogP contribution >= 0.6 is 22.6 Å². The van der Waals surface area contributed by atoms with Crippen molar-refractivity contribution in [3.8, 4) is 0 Å². The highest BCUT2D eigenvalue weighted by molar-refractivity contribution is 14.1. The van der Waals surface area contributed by atoms with Gasteiger partial charge in [-0.2, -0.15) is 0 Å². The van der Waals surface area contributed by atoms with Gasteiger partial charge in [-0.05, 0) is 70.5 Å². The number of rotatable bonds is 6. The summed E-state index contributed by atoms with van der Waals surface area (Å²) in [6.45, 7) is 3.92. The molecular formula is C18H21IN2O3S. The Morgan fingerprint density at radius 2 is 1.64 bits per heavy atom. The maximum atomic E-state index is 12.3. The van der Waals surface area contributed by atoms with Gasteiger partial charge < -0.3 is 5.32 Å². The largest absolute Gasteiger partial charge is 0.325 e. The zero-order valence-electron chi connectivity index (χ0n) is 14.4. The van der Waals surface area contributed by atoms with Gasteiger partial charge in [0.25, 0.3) is 0 Å². The minimum Gasteiger partial charge on any atom is -0.325 e. The molecule has 2 aromatic rings. The lowest BCUT2D eigenvalue weighted by Gasteiger charge is -2.22. The lowest BCUT2D eigenvalue weighted by molar-refractivity contribution is -0.114. The van der Waals surface area contributed by atoms with Gasteiger partial charge in [-0.3, -0.25) is 9.10 Å². The van der Waals surface area contributed by atoms with E-state index in [2.05, 4.69) is 41.8 Å². The van der Waals surface area contributed by atoms with Crippen molar-refractivity contribution in [2.24, 2.45) is 0 Å². The number of carbonyl (C=O) groups excluding carboxylic acids is 1. The first-order chi connectivity index (χ1) is 11.7. The molecule has 0 heterocycles. The summed E-state index contributed by atoms with van der Waals surface area (Å²) in [6.07, 6.45) is 1.09. The first kappa shape index (κ1) is 19.7. The molecule has 0 aliphatic rings. The van der Waals surface area contributed by atoms with Gasteiger partial charge in [0.15, 0.2) is 0 Å². The molecule has 1 amide bonds. The van der Waals surface area contributed by atoms with Gasteiger partial charge in [-0.15, -0.1) is 0 Å². The van der Waals surface area contributed by atoms with Crippen LogP contribution in [0.4, 0.5) is 11.4 Å². The monoisotopic (exact) mass is 472 g/mol. The third kappa shape index (κ3) is 5.71. The molecule has 0 aliphatic carbocycles. The summed E-state index contributed by atoms with van der Waals surface area (Å²) in [5.41, 5.74) is 2.29. The number of hydrogen-bond acceptors (Lipinski definition) is 3. The molecular weight excluding hydrogens is 451 g/mol. The van der Waals surface area contributed by atoms with Crippen molar-refractivity contribution in [1.29, 1.82) is 0 Å². The van der Waals surface area contributed by atoms with E-state index in [4.69, 9.17) is 0 Å². The maximum Gasteiger partial charge on any atom is 0.245 e. The van der Waals surface area contributed by atoms with E-state index in [-0.39, 0.29) is 12.5 Å². The molecule has 25 heavy (non-hydrogen) atoms. The van der Waals surface area contributed by atoms with Crippen molar-refractivity contribution in [3.05, 3.63) is 57.7 Å². The Balaban J connectivity index is 2.13. The summed E-state index contributed by atoms with van der Waals surface area (Å²) in [4.78, 5) is 12.3. The van der Waals surface area contributed by atoms with Gasteiger partial charge in [0, 0.05) is 9.26 Å². The Kier molecular flexibility index (Phi) is 6.45. The topological polar surface area (TPSA) is 66.5 Å². The molecule has 0 radical (unpaired) electrons. The Bertz CT molecular complexity index is 832. The molecule has 2 rings (SSSR count). The van der Waals surface area contributed by atoms with Gasteiger partial charge in [0.2, 0.25) is 15.9 Å². The third-order valence-corrected chi connectivity index (χ3v) is 5.52. The predicted octanol–water partition coefficient (Wildman–Crippen LogP) is 3.82. The number of amides is 1. The fourth-order valence-corrected chi connectivity index (χ4v) is 3.51. The van der Waals surface area contributed by atoms with Gasteiger partial charge >= 0.3 is 0 Å². The summed E-state index contributed by atoms with van der Waals surface area (Å²) in [5, 5.41) is 2.75. The summed E-state index contributed by atoms with van der Waals surface area (Å²) >= 11 is 2.14. The first-order valence-corrected chi connectivity index (χ1v) is 10.7. The highest BCUT2D eigenvalue weighted by atomic mass is 127. The second-order valence-electron chi connectivity index (χ2n) is 6.07. The smallest absolute Gasteiger partial charge is 0.245 e. The average molecular weight is 472 g/mol. The number of sulfonamides is 1. The Labute approximate surface area is 162 Å². The van der Waals surface area contributed by atoms with Crippen LogP contribution in [0.1, 0.15) is 25.3 Å². The molecule has 0 saturated carbocycles. The molecule has 0 fully saturated rings. The minimum atomic E-state index is -3.57. The van der Waals surface area contributed by atoms with Crippen LogP contribution in [0.15, 0.2) is 48.5 Å². The predicted molar refractivity (Wildman–Crippen MR) is 111 cm³/mol. The second-order valence-corrected chi connectivity index (χ2v) is 9.22. The van der Waals surface area contributed by atoms with Crippen LogP contribution in [-0.2, 0) is 14.8 Å². The van der Waals surface area contributed by atoms with Crippen LogP contribution in [0.5, 0.6) is 0 Å². The lowest BCUT2D eigenvalue weighted by atomic mass is 10.0. The highest BCUT2D eigenvalue weighted by Gasteiger charge is 2.20. The molecule has 0 spiro atoms. The number of benzene rings is 2. The Morgan fingerprint density at radius 3 is 2.12 bits per heavy atom. The van der Waals surface area contributed by atoms with Crippen molar-refractivity contribution in [3.63, 3.8) is 0 Å². The zero-order chi connectivity index (χ0) is 18.6. The van der Waals surface area contributed by atoms with E-state index in [0.29, 0.717) is 17.3 Å². The Hall–Kier alpha value is -1.61. The number of hydrogen-bond donors (Lipinski definition) is 1. The van der Waals surface area contributed by atoms with E-state index >= 15 is 0 Å². The lowest BCUT2D eigenvalue weighted by Crippen LogP contribution is -2.37. The van der Waals surface area contributed by atoms with Gasteiger partial charge in [-0.1, -0.05) is 26.0 Å². The summed E-state index contributed by atoms with van der Waals surface area (Å²) in [7, 11) is -3.57. The van der Waals surface area contributed by atoms with Crippen molar-refractivity contribution >= 4 is 49.9 Å². The van der Waals surface area contributed by atoms with Crippen LogP contribution < -0.4 is 9.62 Å².